The summed E-state index contributed by atoms with van der Waals surface area (Å²) in [5.74, 6) is -0.450. The van der Waals surface area contributed by atoms with E-state index in [4.69, 9.17) is 5.73 Å². The van der Waals surface area contributed by atoms with Crippen molar-refractivity contribution in [2.24, 2.45) is 0 Å². The Hall–Kier alpha value is -1.95. The normalized spacial score (nSPS) is 11.1. The molecule has 2 heterocycles. The van der Waals surface area contributed by atoms with Crippen LogP contribution in [0.3, 0.4) is 0 Å². The molecule has 0 aliphatic carbocycles. The summed E-state index contributed by atoms with van der Waals surface area (Å²) in [7, 11) is 0. The van der Waals surface area contributed by atoms with Crippen LogP contribution in [0, 0.1) is 11.6 Å². The van der Waals surface area contributed by atoms with Crippen LogP contribution in [-0.4, -0.2) is 9.38 Å². The molecule has 0 aliphatic heterocycles. The highest BCUT2D eigenvalue weighted by Crippen LogP contribution is 2.29. The summed E-state index contributed by atoms with van der Waals surface area (Å²) in [6.07, 6.45) is 1.26. The van der Waals surface area contributed by atoms with Gasteiger partial charge in [-0.1, -0.05) is 0 Å². The number of halogens is 3. The van der Waals surface area contributed by atoms with E-state index in [0.29, 0.717) is 27.2 Å². The number of imidazole rings is 1. The maximum atomic E-state index is 13.2. The van der Waals surface area contributed by atoms with Crippen molar-refractivity contribution in [3.63, 3.8) is 0 Å². The van der Waals surface area contributed by atoms with Gasteiger partial charge in [0.15, 0.2) is 0 Å². The summed E-state index contributed by atoms with van der Waals surface area (Å²) in [5.41, 5.74) is 7.64. The molecule has 0 unspecified atom stereocenters. The van der Waals surface area contributed by atoms with Gasteiger partial charge in [-0.05, 0) is 46.3 Å². The maximum absolute atomic E-state index is 13.2. The van der Waals surface area contributed by atoms with Crippen molar-refractivity contribution < 1.29 is 8.78 Å². The molecule has 0 bridgehead atoms. The molecule has 0 spiro atoms. The molecule has 2 aromatic heterocycles. The van der Waals surface area contributed by atoms with E-state index in [1.807, 2.05) is 0 Å². The number of pyridine rings is 1. The molecule has 0 aliphatic rings. The van der Waals surface area contributed by atoms with Gasteiger partial charge >= 0.3 is 0 Å². The summed E-state index contributed by atoms with van der Waals surface area (Å²) < 4.78 is 28.2. The first kappa shape index (κ1) is 12.1. The van der Waals surface area contributed by atoms with Crippen molar-refractivity contribution in [2.45, 2.75) is 0 Å². The average Bonchev–Trinajstić information content (AvgIpc) is 2.70. The fourth-order valence-electron chi connectivity index (χ4n) is 1.89. The van der Waals surface area contributed by atoms with Crippen molar-refractivity contribution in [3.05, 3.63) is 52.6 Å². The Morgan fingerprint density at radius 3 is 2.68 bits per heavy atom. The zero-order valence-corrected chi connectivity index (χ0v) is 11.2. The van der Waals surface area contributed by atoms with Crippen LogP contribution >= 0.6 is 15.9 Å². The van der Waals surface area contributed by atoms with Crippen LogP contribution in [-0.2, 0) is 0 Å². The molecule has 0 saturated carbocycles. The highest BCUT2D eigenvalue weighted by atomic mass is 79.9. The summed E-state index contributed by atoms with van der Waals surface area (Å²) in [4.78, 5) is 4.32. The second-order valence-electron chi connectivity index (χ2n) is 4.05. The molecule has 2 N–H and O–H groups in total. The number of anilines is 1. The molecule has 3 rings (SSSR count). The van der Waals surface area contributed by atoms with Gasteiger partial charge < -0.3 is 5.73 Å². The first-order chi connectivity index (χ1) is 9.06. The SMILES string of the molecule is Nc1c(-c2ccc(F)c(Br)c2)nc2ccc(F)cn12. The highest BCUT2D eigenvalue weighted by Gasteiger charge is 2.13. The highest BCUT2D eigenvalue weighted by molar-refractivity contribution is 9.10. The first-order valence-electron chi connectivity index (χ1n) is 5.45. The van der Waals surface area contributed by atoms with Crippen LogP contribution in [0.5, 0.6) is 0 Å². The fraction of sp³-hybridized carbons (Fsp3) is 0. The first-order valence-corrected chi connectivity index (χ1v) is 6.24. The zero-order chi connectivity index (χ0) is 13.6. The van der Waals surface area contributed by atoms with Crippen LogP contribution in [0.1, 0.15) is 0 Å². The predicted molar refractivity (Wildman–Crippen MR) is 72.7 cm³/mol. The van der Waals surface area contributed by atoms with Gasteiger partial charge in [-0.25, -0.2) is 13.8 Å². The van der Waals surface area contributed by atoms with Gasteiger partial charge in [-0.15, -0.1) is 0 Å². The maximum Gasteiger partial charge on any atom is 0.140 e. The van der Waals surface area contributed by atoms with E-state index in [9.17, 15) is 8.78 Å². The van der Waals surface area contributed by atoms with Gasteiger partial charge in [0.25, 0.3) is 0 Å². The largest absolute Gasteiger partial charge is 0.383 e. The third-order valence-electron chi connectivity index (χ3n) is 2.81. The van der Waals surface area contributed by atoms with Gasteiger partial charge in [0.1, 0.15) is 28.8 Å². The smallest absolute Gasteiger partial charge is 0.140 e. The lowest BCUT2D eigenvalue weighted by molar-refractivity contribution is 0.619. The van der Waals surface area contributed by atoms with Gasteiger partial charge in [0.05, 0.1) is 4.47 Å². The van der Waals surface area contributed by atoms with E-state index in [2.05, 4.69) is 20.9 Å². The van der Waals surface area contributed by atoms with Gasteiger partial charge in [-0.3, -0.25) is 4.40 Å². The second kappa shape index (κ2) is 4.31. The van der Waals surface area contributed by atoms with Crippen molar-refractivity contribution in [1.29, 1.82) is 0 Å². The fourth-order valence-corrected chi connectivity index (χ4v) is 2.27. The number of nitrogen functional groups attached to an aromatic ring is 1. The lowest BCUT2D eigenvalue weighted by atomic mass is 10.1. The standard InChI is InChI=1S/C13H8BrF2N3/c14-9-5-7(1-3-10(9)16)12-13(17)19-6-8(15)2-4-11(19)18-12/h1-6H,17H2. The molecule has 3 nitrogen and oxygen atoms in total. The van der Waals surface area contributed by atoms with Crippen LogP contribution in [0.2, 0.25) is 0 Å². The lowest BCUT2D eigenvalue weighted by Crippen LogP contribution is -1.95. The van der Waals surface area contributed by atoms with E-state index in [1.54, 1.807) is 12.1 Å². The molecule has 3 aromatic rings. The quantitative estimate of drug-likeness (QED) is 0.743. The van der Waals surface area contributed by atoms with Crippen molar-refractivity contribution in [1.82, 2.24) is 9.38 Å². The number of nitrogens with zero attached hydrogens (tertiary/aromatic N) is 2. The monoisotopic (exact) mass is 323 g/mol. The molecule has 1 aromatic carbocycles. The van der Waals surface area contributed by atoms with Gasteiger partial charge in [0, 0.05) is 11.8 Å². The molecule has 0 amide bonds. The Kier molecular flexibility index (Phi) is 2.74. The summed E-state index contributed by atoms with van der Waals surface area (Å²) in [6.45, 7) is 0. The molecular weight excluding hydrogens is 316 g/mol. The number of rotatable bonds is 1. The van der Waals surface area contributed by atoms with E-state index < -0.39 is 5.82 Å². The minimum atomic E-state index is -0.400. The van der Waals surface area contributed by atoms with Crippen LogP contribution in [0.25, 0.3) is 16.9 Å². The lowest BCUT2D eigenvalue weighted by Gasteiger charge is -2.01. The number of hydrogen-bond donors (Lipinski definition) is 1. The number of fused-ring (bicyclic) bond motifs is 1. The number of aromatic nitrogens is 2. The Morgan fingerprint density at radius 1 is 1.16 bits per heavy atom. The van der Waals surface area contributed by atoms with E-state index >= 15 is 0 Å². The number of hydrogen-bond acceptors (Lipinski definition) is 2. The minimum Gasteiger partial charge on any atom is -0.383 e. The Bertz CT molecular complexity index is 783. The van der Waals surface area contributed by atoms with E-state index in [-0.39, 0.29) is 5.82 Å². The van der Waals surface area contributed by atoms with Gasteiger partial charge in [-0.2, -0.15) is 0 Å². The molecule has 0 fully saturated rings. The third kappa shape index (κ3) is 1.98. The van der Waals surface area contributed by atoms with E-state index in [0.717, 1.165) is 0 Å². The van der Waals surface area contributed by atoms with Crippen molar-refractivity contribution in [2.75, 3.05) is 5.73 Å². The second-order valence-corrected chi connectivity index (χ2v) is 4.90. The molecule has 0 atom stereocenters. The zero-order valence-electron chi connectivity index (χ0n) is 9.57. The van der Waals surface area contributed by atoms with E-state index in [1.165, 1.54) is 28.8 Å². The molecule has 19 heavy (non-hydrogen) atoms. The molecular formula is C13H8BrF2N3. The van der Waals surface area contributed by atoms with Crippen molar-refractivity contribution in [3.8, 4) is 11.3 Å². The molecule has 0 saturated heterocycles. The minimum absolute atomic E-state index is 0.313. The number of nitrogens with two attached hydrogens (primary N) is 1. The third-order valence-corrected chi connectivity index (χ3v) is 3.42. The Morgan fingerprint density at radius 2 is 1.95 bits per heavy atom. The van der Waals surface area contributed by atoms with Crippen molar-refractivity contribution >= 4 is 27.4 Å². The topological polar surface area (TPSA) is 43.3 Å². The Balaban J connectivity index is 2.24. The number of benzene rings is 1. The average molecular weight is 324 g/mol. The predicted octanol–water partition coefficient (Wildman–Crippen LogP) is 3.62. The summed E-state index contributed by atoms with van der Waals surface area (Å²) in [6, 6.07) is 7.34. The summed E-state index contributed by atoms with van der Waals surface area (Å²) >= 11 is 3.11. The van der Waals surface area contributed by atoms with Gasteiger partial charge in [0.2, 0.25) is 0 Å². The summed E-state index contributed by atoms with van der Waals surface area (Å²) in [5, 5.41) is 0. The van der Waals surface area contributed by atoms with Crippen LogP contribution < -0.4 is 5.73 Å². The van der Waals surface area contributed by atoms with Crippen LogP contribution in [0.4, 0.5) is 14.6 Å². The molecule has 6 heteroatoms. The molecule has 96 valence electrons. The Labute approximate surface area is 115 Å². The van der Waals surface area contributed by atoms with Crippen LogP contribution in [0.15, 0.2) is 41.0 Å². The molecule has 0 radical (unpaired) electrons.